The fourth-order valence-corrected chi connectivity index (χ4v) is 0.983. The van der Waals surface area contributed by atoms with E-state index >= 15 is 0 Å². The second-order valence-corrected chi connectivity index (χ2v) is 2.65. The molecular formula is C7H12N2O2. The summed E-state index contributed by atoms with van der Waals surface area (Å²) in [6, 6.07) is 0. The zero-order chi connectivity index (χ0) is 8.43. The molecular weight excluding hydrogens is 144 g/mol. The summed E-state index contributed by atoms with van der Waals surface area (Å²) in [5.74, 6) is -0.127. The van der Waals surface area contributed by atoms with Gasteiger partial charge in [-0.3, -0.25) is 4.79 Å². The molecule has 0 fully saturated rings. The number of β-amino-alcohol motifs (C(OH)–C–C–N with tert-alkyl or cyclic N) is 1. The van der Waals surface area contributed by atoms with Crippen LogP contribution in [0.2, 0.25) is 0 Å². The molecule has 0 aromatic heterocycles. The largest absolute Gasteiger partial charge is 0.394 e. The predicted octanol–water partition coefficient (Wildman–Crippen LogP) is -0.167. The van der Waals surface area contributed by atoms with Gasteiger partial charge in [-0.05, 0) is 13.8 Å². The Balaban J connectivity index is 2.65. The van der Waals surface area contributed by atoms with Crippen LogP contribution in [0.3, 0.4) is 0 Å². The Morgan fingerprint density at radius 1 is 1.73 bits per heavy atom. The third kappa shape index (κ3) is 1.40. The molecule has 4 nitrogen and oxygen atoms in total. The minimum Gasteiger partial charge on any atom is -0.394 e. The third-order valence-corrected chi connectivity index (χ3v) is 1.84. The number of rotatable bonds is 2. The summed E-state index contributed by atoms with van der Waals surface area (Å²) in [7, 11) is 0. The van der Waals surface area contributed by atoms with Crippen LogP contribution >= 0.6 is 0 Å². The van der Waals surface area contributed by atoms with Gasteiger partial charge < -0.3 is 5.11 Å². The maximum atomic E-state index is 11.2. The second-order valence-electron chi connectivity index (χ2n) is 2.65. The van der Waals surface area contributed by atoms with Crippen LogP contribution in [0.25, 0.3) is 0 Å². The highest BCUT2D eigenvalue weighted by Gasteiger charge is 2.28. The highest BCUT2D eigenvalue weighted by Crippen LogP contribution is 2.13. The lowest BCUT2D eigenvalue weighted by atomic mass is 10.1. The van der Waals surface area contributed by atoms with Gasteiger partial charge in [0.25, 0.3) is 5.91 Å². The molecule has 0 radical (unpaired) electrons. The van der Waals surface area contributed by atoms with Crippen LogP contribution in [0, 0.1) is 5.92 Å². The summed E-state index contributed by atoms with van der Waals surface area (Å²) >= 11 is 0. The number of hydrogen-bond acceptors (Lipinski definition) is 3. The average Bonchev–Trinajstić information content (AvgIpc) is 2.19. The van der Waals surface area contributed by atoms with Gasteiger partial charge in [0.1, 0.15) is 0 Å². The smallest absolute Gasteiger partial charge is 0.251 e. The number of hydrazone groups is 1. The maximum absolute atomic E-state index is 11.2. The van der Waals surface area contributed by atoms with Gasteiger partial charge >= 0.3 is 0 Å². The van der Waals surface area contributed by atoms with Crippen LogP contribution in [-0.2, 0) is 4.79 Å². The standard InChI is InChI=1S/C7H12N2O2/c1-5-6(2)8-9(3-4-10)7(5)11/h5,10H,3-4H2,1-2H3. The van der Waals surface area contributed by atoms with E-state index in [0.29, 0.717) is 6.54 Å². The molecule has 1 amide bonds. The van der Waals surface area contributed by atoms with E-state index in [-0.39, 0.29) is 18.4 Å². The average molecular weight is 156 g/mol. The molecule has 0 aliphatic carbocycles. The molecule has 1 atom stereocenters. The molecule has 0 spiro atoms. The van der Waals surface area contributed by atoms with Gasteiger partial charge in [0.2, 0.25) is 0 Å². The minimum atomic E-state index is -0.110. The quantitative estimate of drug-likeness (QED) is 0.603. The minimum absolute atomic E-state index is 0.0171. The van der Waals surface area contributed by atoms with Crippen molar-refractivity contribution in [1.82, 2.24) is 5.01 Å². The van der Waals surface area contributed by atoms with Crippen molar-refractivity contribution < 1.29 is 9.90 Å². The molecule has 1 aliphatic heterocycles. The summed E-state index contributed by atoms with van der Waals surface area (Å²) in [6.45, 7) is 3.91. The van der Waals surface area contributed by atoms with Crippen LogP contribution in [0.1, 0.15) is 13.8 Å². The van der Waals surface area contributed by atoms with E-state index in [0.717, 1.165) is 5.71 Å². The lowest BCUT2D eigenvalue weighted by Gasteiger charge is -2.09. The number of carbonyl (C=O) groups excluding carboxylic acids is 1. The van der Waals surface area contributed by atoms with E-state index in [1.165, 1.54) is 5.01 Å². The Bertz CT molecular complexity index is 201. The highest BCUT2D eigenvalue weighted by atomic mass is 16.3. The van der Waals surface area contributed by atoms with Gasteiger partial charge in [-0.2, -0.15) is 5.10 Å². The Morgan fingerprint density at radius 3 is 2.73 bits per heavy atom. The monoisotopic (exact) mass is 156 g/mol. The maximum Gasteiger partial charge on any atom is 0.251 e. The lowest BCUT2D eigenvalue weighted by molar-refractivity contribution is -0.131. The molecule has 1 rings (SSSR count). The molecule has 1 unspecified atom stereocenters. The number of aliphatic hydroxyl groups excluding tert-OH is 1. The number of nitrogens with zero attached hydrogens (tertiary/aromatic N) is 2. The van der Waals surface area contributed by atoms with Crippen molar-refractivity contribution in [1.29, 1.82) is 0 Å². The molecule has 0 saturated heterocycles. The first kappa shape index (κ1) is 8.20. The summed E-state index contributed by atoms with van der Waals surface area (Å²) in [4.78, 5) is 11.2. The second kappa shape index (κ2) is 3.00. The number of aliphatic hydroxyl groups is 1. The number of carbonyl (C=O) groups is 1. The SMILES string of the molecule is CC1=NN(CCO)C(=O)C1C. The van der Waals surface area contributed by atoms with Crippen LogP contribution in [0.15, 0.2) is 5.10 Å². The molecule has 11 heavy (non-hydrogen) atoms. The van der Waals surface area contributed by atoms with E-state index in [1.54, 1.807) is 0 Å². The van der Waals surface area contributed by atoms with E-state index in [9.17, 15) is 4.79 Å². The number of hydrogen-bond donors (Lipinski definition) is 1. The van der Waals surface area contributed by atoms with Gasteiger partial charge in [0.05, 0.1) is 19.1 Å². The summed E-state index contributed by atoms with van der Waals surface area (Å²) in [5, 5.41) is 13.9. The predicted molar refractivity (Wildman–Crippen MR) is 41.1 cm³/mol. The third-order valence-electron chi connectivity index (χ3n) is 1.84. The molecule has 0 aromatic carbocycles. The summed E-state index contributed by atoms with van der Waals surface area (Å²) in [6.07, 6.45) is 0. The van der Waals surface area contributed by atoms with Crippen molar-refractivity contribution in [3.05, 3.63) is 0 Å². The normalized spacial score (nSPS) is 24.3. The zero-order valence-corrected chi connectivity index (χ0v) is 6.74. The molecule has 1 heterocycles. The first-order chi connectivity index (χ1) is 5.16. The Labute approximate surface area is 65.5 Å². The summed E-state index contributed by atoms with van der Waals surface area (Å²) < 4.78 is 0. The molecule has 62 valence electrons. The van der Waals surface area contributed by atoms with Gasteiger partial charge in [-0.1, -0.05) is 0 Å². The fraction of sp³-hybridized carbons (Fsp3) is 0.714. The first-order valence-corrected chi connectivity index (χ1v) is 3.64. The van der Waals surface area contributed by atoms with Gasteiger partial charge in [0.15, 0.2) is 0 Å². The van der Waals surface area contributed by atoms with Gasteiger partial charge in [0, 0.05) is 5.71 Å². The van der Waals surface area contributed by atoms with Crippen molar-refractivity contribution in [2.24, 2.45) is 11.0 Å². The molecule has 0 aromatic rings. The Morgan fingerprint density at radius 2 is 2.36 bits per heavy atom. The lowest BCUT2D eigenvalue weighted by Crippen LogP contribution is -2.27. The highest BCUT2D eigenvalue weighted by molar-refractivity contribution is 6.06. The first-order valence-electron chi connectivity index (χ1n) is 3.64. The van der Waals surface area contributed by atoms with Gasteiger partial charge in [-0.15, -0.1) is 0 Å². The van der Waals surface area contributed by atoms with Crippen LogP contribution in [-0.4, -0.2) is 34.9 Å². The van der Waals surface area contributed by atoms with Crippen molar-refractivity contribution in [3.8, 4) is 0 Å². The van der Waals surface area contributed by atoms with Crippen LogP contribution < -0.4 is 0 Å². The van der Waals surface area contributed by atoms with Crippen molar-refractivity contribution >= 4 is 11.6 Å². The number of amides is 1. The molecule has 1 N–H and O–H groups in total. The van der Waals surface area contributed by atoms with Crippen molar-refractivity contribution in [2.75, 3.05) is 13.2 Å². The fourth-order valence-electron chi connectivity index (χ4n) is 0.983. The molecule has 4 heteroatoms. The van der Waals surface area contributed by atoms with Crippen LogP contribution in [0.5, 0.6) is 0 Å². The van der Waals surface area contributed by atoms with Crippen LogP contribution in [0.4, 0.5) is 0 Å². The van der Waals surface area contributed by atoms with Crippen molar-refractivity contribution in [3.63, 3.8) is 0 Å². The molecule has 0 bridgehead atoms. The zero-order valence-electron chi connectivity index (χ0n) is 6.74. The van der Waals surface area contributed by atoms with E-state index < -0.39 is 0 Å². The van der Waals surface area contributed by atoms with Gasteiger partial charge in [-0.25, -0.2) is 5.01 Å². The topological polar surface area (TPSA) is 52.9 Å². The van der Waals surface area contributed by atoms with E-state index in [1.807, 2.05) is 13.8 Å². The summed E-state index contributed by atoms with van der Waals surface area (Å²) in [5.41, 5.74) is 0.823. The van der Waals surface area contributed by atoms with Crippen molar-refractivity contribution in [2.45, 2.75) is 13.8 Å². The van der Waals surface area contributed by atoms with E-state index in [2.05, 4.69) is 5.10 Å². The Hall–Kier alpha value is -0.900. The Kier molecular flexibility index (Phi) is 2.24. The van der Waals surface area contributed by atoms with E-state index in [4.69, 9.17) is 5.11 Å². The molecule has 0 saturated carbocycles. The molecule has 1 aliphatic rings.